The molecule has 0 bridgehead atoms. The van der Waals surface area contributed by atoms with Crippen LogP contribution in [0.15, 0.2) is 0 Å². The minimum atomic E-state index is 0. The van der Waals surface area contributed by atoms with Gasteiger partial charge < -0.3 is 10.6 Å². The predicted octanol–water partition coefficient (Wildman–Crippen LogP) is 2.19. The number of hydrogen-bond donors (Lipinski definition) is 1. The number of carbonyl (C=O) groups is 1. The summed E-state index contributed by atoms with van der Waals surface area (Å²) >= 11 is 0. The van der Waals surface area contributed by atoms with Crippen molar-refractivity contribution >= 4 is 18.3 Å². The van der Waals surface area contributed by atoms with Gasteiger partial charge in [-0.05, 0) is 44.6 Å². The first-order chi connectivity index (χ1) is 7.72. The monoisotopic (exact) mass is 260 g/mol. The molecule has 0 radical (unpaired) electrons. The van der Waals surface area contributed by atoms with Crippen molar-refractivity contribution < 1.29 is 4.79 Å². The summed E-state index contributed by atoms with van der Waals surface area (Å²) in [4.78, 5) is 14.5. The Morgan fingerprint density at radius 2 is 1.94 bits per heavy atom. The summed E-state index contributed by atoms with van der Waals surface area (Å²) in [6.45, 7) is 4.83. The second-order valence-electron chi connectivity index (χ2n) is 5.50. The maximum absolute atomic E-state index is 12.4. The van der Waals surface area contributed by atoms with Crippen molar-refractivity contribution in [3.05, 3.63) is 0 Å². The van der Waals surface area contributed by atoms with Gasteiger partial charge >= 0.3 is 0 Å². The van der Waals surface area contributed by atoms with Gasteiger partial charge in [-0.2, -0.15) is 0 Å². The molecule has 4 heteroatoms. The quantitative estimate of drug-likeness (QED) is 0.842. The summed E-state index contributed by atoms with van der Waals surface area (Å²) in [7, 11) is 0. The molecular formula is C13H25ClN2O. The van der Waals surface area contributed by atoms with E-state index in [1.165, 1.54) is 0 Å². The second kappa shape index (κ2) is 6.05. The van der Waals surface area contributed by atoms with Gasteiger partial charge in [0, 0.05) is 18.5 Å². The third kappa shape index (κ3) is 3.14. The molecule has 2 aliphatic rings. The normalized spacial score (nSPS) is 23.1. The molecule has 1 amide bonds. The van der Waals surface area contributed by atoms with E-state index in [-0.39, 0.29) is 17.8 Å². The number of rotatable bonds is 4. The molecule has 0 unspecified atom stereocenters. The SMILES string of the molecule is CCCC1(C(=O)N2CCC(CN)CC2)CC1.Cl. The van der Waals surface area contributed by atoms with Crippen LogP contribution in [0.25, 0.3) is 0 Å². The molecule has 2 N–H and O–H groups in total. The Balaban J connectivity index is 0.00000144. The first-order valence-corrected chi connectivity index (χ1v) is 6.71. The van der Waals surface area contributed by atoms with Crippen LogP contribution in [-0.2, 0) is 4.79 Å². The predicted molar refractivity (Wildman–Crippen MR) is 72.2 cm³/mol. The van der Waals surface area contributed by atoms with Gasteiger partial charge in [0.1, 0.15) is 0 Å². The topological polar surface area (TPSA) is 46.3 Å². The molecule has 1 heterocycles. The highest BCUT2D eigenvalue weighted by Gasteiger charge is 2.50. The Bertz CT molecular complexity index is 258. The Morgan fingerprint density at radius 3 is 2.35 bits per heavy atom. The van der Waals surface area contributed by atoms with Crippen LogP contribution >= 0.6 is 12.4 Å². The average molecular weight is 261 g/mol. The highest BCUT2D eigenvalue weighted by molar-refractivity contribution is 5.85. The van der Waals surface area contributed by atoms with Gasteiger partial charge in [0.2, 0.25) is 5.91 Å². The average Bonchev–Trinajstić information content (AvgIpc) is 3.10. The van der Waals surface area contributed by atoms with Gasteiger partial charge in [-0.25, -0.2) is 0 Å². The molecule has 100 valence electrons. The standard InChI is InChI=1S/C13H24N2O.ClH/c1-2-5-13(6-7-13)12(16)15-8-3-11(10-14)4-9-15;/h11H,2-10,14H2,1H3;1H. The zero-order chi connectivity index (χ0) is 11.6. The summed E-state index contributed by atoms with van der Waals surface area (Å²) in [5, 5.41) is 0. The van der Waals surface area contributed by atoms with Gasteiger partial charge in [-0.15, -0.1) is 12.4 Å². The first-order valence-electron chi connectivity index (χ1n) is 6.71. The fraction of sp³-hybridized carbons (Fsp3) is 0.923. The Morgan fingerprint density at radius 1 is 1.35 bits per heavy atom. The molecule has 0 aromatic carbocycles. The van der Waals surface area contributed by atoms with E-state index in [0.717, 1.165) is 58.2 Å². The number of amides is 1. The lowest BCUT2D eigenvalue weighted by atomic mass is 9.93. The fourth-order valence-corrected chi connectivity index (χ4v) is 2.91. The molecule has 0 spiro atoms. The number of halogens is 1. The zero-order valence-corrected chi connectivity index (χ0v) is 11.6. The Kier molecular flexibility index (Phi) is 5.26. The van der Waals surface area contributed by atoms with E-state index in [4.69, 9.17) is 5.73 Å². The molecule has 17 heavy (non-hydrogen) atoms. The Labute approximate surface area is 111 Å². The summed E-state index contributed by atoms with van der Waals surface area (Å²) in [6.07, 6.45) is 6.66. The molecule has 2 fully saturated rings. The van der Waals surface area contributed by atoms with Crippen molar-refractivity contribution in [1.29, 1.82) is 0 Å². The summed E-state index contributed by atoms with van der Waals surface area (Å²) in [5.74, 6) is 1.08. The number of nitrogens with two attached hydrogens (primary N) is 1. The van der Waals surface area contributed by atoms with E-state index >= 15 is 0 Å². The maximum Gasteiger partial charge on any atom is 0.228 e. The summed E-state index contributed by atoms with van der Waals surface area (Å²) in [6, 6.07) is 0. The number of nitrogens with zero attached hydrogens (tertiary/aromatic N) is 1. The molecule has 3 nitrogen and oxygen atoms in total. The van der Waals surface area contributed by atoms with Crippen molar-refractivity contribution in [1.82, 2.24) is 4.90 Å². The molecule has 1 aliphatic carbocycles. The molecule has 1 saturated heterocycles. The van der Waals surface area contributed by atoms with E-state index in [1.807, 2.05) is 0 Å². The van der Waals surface area contributed by atoms with Gasteiger partial charge in [0.05, 0.1) is 0 Å². The lowest BCUT2D eigenvalue weighted by Gasteiger charge is -2.34. The second-order valence-corrected chi connectivity index (χ2v) is 5.50. The van der Waals surface area contributed by atoms with Gasteiger partial charge in [-0.3, -0.25) is 4.79 Å². The number of likely N-dealkylation sites (tertiary alicyclic amines) is 1. The van der Waals surface area contributed by atoms with Crippen molar-refractivity contribution in [2.24, 2.45) is 17.1 Å². The lowest BCUT2D eigenvalue weighted by molar-refractivity contribution is -0.138. The minimum absolute atomic E-state index is 0. The lowest BCUT2D eigenvalue weighted by Crippen LogP contribution is -2.43. The number of carbonyl (C=O) groups excluding carboxylic acids is 1. The van der Waals surface area contributed by atoms with Crippen LogP contribution < -0.4 is 5.73 Å². The van der Waals surface area contributed by atoms with Crippen LogP contribution in [0.1, 0.15) is 45.4 Å². The van der Waals surface area contributed by atoms with E-state index in [0.29, 0.717) is 11.8 Å². The van der Waals surface area contributed by atoms with Gasteiger partial charge in [-0.1, -0.05) is 13.3 Å². The zero-order valence-electron chi connectivity index (χ0n) is 10.8. The van der Waals surface area contributed by atoms with Crippen molar-refractivity contribution in [2.45, 2.75) is 45.4 Å². The van der Waals surface area contributed by atoms with Crippen LogP contribution in [0.3, 0.4) is 0 Å². The molecule has 0 atom stereocenters. The Hall–Kier alpha value is -0.280. The third-order valence-electron chi connectivity index (χ3n) is 4.27. The van der Waals surface area contributed by atoms with Crippen molar-refractivity contribution in [3.63, 3.8) is 0 Å². The molecule has 2 rings (SSSR count). The van der Waals surface area contributed by atoms with E-state index in [9.17, 15) is 4.79 Å². The number of hydrogen-bond acceptors (Lipinski definition) is 2. The third-order valence-corrected chi connectivity index (χ3v) is 4.27. The molecule has 0 aromatic rings. The van der Waals surface area contributed by atoms with Crippen molar-refractivity contribution in [3.8, 4) is 0 Å². The summed E-state index contributed by atoms with van der Waals surface area (Å²) in [5.41, 5.74) is 5.73. The minimum Gasteiger partial charge on any atom is -0.342 e. The largest absolute Gasteiger partial charge is 0.342 e. The number of piperidine rings is 1. The van der Waals surface area contributed by atoms with Crippen LogP contribution in [0.4, 0.5) is 0 Å². The van der Waals surface area contributed by atoms with Crippen LogP contribution in [-0.4, -0.2) is 30.4 Å². The van der Waals surface area contributed by atoms with Crippen LogP contribution in [0.5, 0.6) is 0 Å². The molecular weight excluding hydrogens is 236 g/mol. The van der Waals surface area contributed by atoms with E-state index in [2.05, 4.69) is 11.8 Å². The molecule has 1 aliphatic heterocycles. The fourth-order valence-electron chi connectivity index (χ4n) is 2.91. The molecule has 0 aromatic heterocycles. The van der Waals surface area contributed by atoms with Gasteiger partial charge in [0.15, 0.2) is 0 Å². The first kappa shape index (κ1) is 14.8. The summed E-state index contributed by atoms with van der Waals surface area (Å²) < 4.78 is 0. The molecule has 1 saturated carbocycles. The smallest absolute Gasteiger partial charge is 0.228 e. The highest BCUT2D eigenvalue weighted by atomic mass is 35.5. The van der Waals surface area contributed by atoms with E-state index in [1.54, 1.807) is 0 Å². The maximum atomic E-state index is 12.4. The van der Waals surface area contributed by atoms with Crippen LogP contribution in [0.2, 0.25) is 0 Å². The highest BCUT2D eigenvalue weighted by Crippen LogP contribution is 2.51. The van der Waals surface area contributed by atoms with E-state index < -0.39 is 0 Å². The van der Waals surface area contributed by atoms with Crippen molar-refractivity contribution in [2.75, 3.05) is 19.6 Å². The van der Waals surface area contributed by atoms with Gasteiger partial charge in [0.25, 0.3) is 0 Å². The van der Waals surface area contributed by atoms with Crippen LogP contribution in [0, 0.1) is 11.3 Å².